The Morgan fingerprint density at radius 3 is 2.41 bits per heavy atom. The van der Waals surface area contributed by atoms with Gasteiger partial charge in [0.25, 0.3) is 0 Å². The Labute approximate surface area is 118 Å². The van der Waals surface area contributed by atoms with Gasteiger partial charge in [0.15, 0.2) is 5.96 Å². The van der Waals surface area contributed by atoms with Gasteiger partial charge in [-0.2, -0.15) is 0 Å². The first-order valence-electron chi connectivity index (χ1n) is 5.99. The largest absolute Gasteiger partial charge is 0.370 e. The summed E-state index contributed by atoms with van der Waals surface area (Å²) in [6.45, 7) is 0.432. The summed E-state index contributed by atoms with van der Waals surface area (Å²) in [5.41, 5.74) is 5.70. The number of rotatable bonds is 3. The molecular weight excluding hydrogens is 339 g/mol. The summed E-state index contributed by atoms with van der Waals surface area (Å²) in [6, 6.07) is 0.437. The highest BCUT2D eigenvalue weighted by Crippen LogP contribution is 2.42. The average Bonchev–Trinajstić information content (AvgIpc) is 2.63. The molecule has 0 atom stereocenters. The molecule has 0 unspecified atom stereocenters. The van der Waals surface area contributed by atoms with Crippen LogP contribution in [0, 0.1) is 5.92 Å². The number of halogens is 3. The van der Waals surface area contributed by atoms with Crippen molar-refractivity contribution in [3.63, 3.8) is 0 Å². The van der Waals surface area contributed by atoms with E-state index >= 15 is 0 Å². The normalized spacial score (nSPS) is 25.2. The van der Waals surface area contributed by atoms with Crippen LogP contribution in [0.1, 0.15) is 38.5 Å². The summed E-state index contributed by atoms with van der Waals surface area (Å²) in [4.78, 5) is 4.13. The third-order valence-corrected chi connectivity index (χ3v) is 3.40. The van der Waals surface area contributed by atoms with E-state index in [-0.39, 0.29) is 42.7 Å². The summed E-state index contributed by atoms with van der Waals surface area (Å²) in [6.07, 6.45) is 4.68. The molecule has 3 N–H and O–H groups in total. The number of aliphatic imine (C=N–C) groups is 1. The first kappa shape index (κ1) is 14.9. The first-order valence-corrected chi connectivity index (χ1v) is 5.99. The van der Waals surface area contributed by atoms with Gasteiger partial charge in [0.1, 0.15) is 0 Å². The fourth-order valence-corrected chi connectivity index (χ4v) is 2.47. The zero-order valence-electron chi connectivity index (χ0n) is 9.79. The average molecular weight is 359 g/mol. The van der Waals surface area contributed by atoms with E-state index in [1.807, 2.05) is 0 Å². The Kier molecular flexibility index (Phi) is 5.40. The van der Waals surface area contributed by atoms with E-state index in [2.05, 4.69) is 10.3 Å². The zero-order valence-corrected chi connectivity index (χ0v) is 12.1. The zero-order chi connectivity index (χ0) is 11.6. The molecule has 0 heterocycles. The Morgan fingerprint density at radius 2 is 1.88 bits per heavy atom. The quantitative estimate of drug-likeness (QED) is 0.462. The number of hydrogen-bond acceptors (Lipinski definition) is 1. The lowest BCUT2D eigenvalue weighted by molar-refractivity contribution is -0.107. The first-order chi connectivity index (χ1) is 7.55. The van der Waals surface area contributed by atoms with E-state index in [1.54, 1.807) is 0 Å². The van der Waals surface area contributed by atoms with Crippen LogP contribution in [-0.2, 0) is 0 Å². The summed E-state index contributed by atoms with van der Waals surface area (Å²) in [5, 5.41) is 3.14. The minimum absolute atomic E-state index is 0. The van der Waals surface area contributed by atoms with Crippen LogP contribution >= 0.6 is 24.0 Å². The van der Waals surface area contributed by atoms with Crippen molar-refractivity contribution < 1.29 is 8.78 Å². The number of hydrogen-bond donors (Lipinski definition) is 2. The Hall–Kier alpha value is -0.140. The summed E-state index contributed by atoms with van der Waals surface area (Å²) in [7, 11) is 0. The van der Waals surface area contributed by atoms with Gasteiger partial charge in [-0.05, 0) is 18.8 Å². The van der Waals surface area contributed by atoms with E-state index < -0.39 is 5.92 Å². The molecule has 0 aliphatic heterocycles. The van der Waals surface area contributed by atoms with Crippen LogP contribution in [0.3, 0.4) is 0 Å². The van der Waals surface area contributed by atoms with Gasteiger partial charge in [-0.3, -0.25) is 4.99 Å². The van der Waals surface area contributed by atoms with Crippen LogP contribution in [0.15, 0.2) is 4.99 Å². The highest BCUT2D eigenvalue weighted by molar-refractivity contribution is 14.0. The molecule has 2 aliphatic carbocycles. The summed E-state index contributed by atoms with van der Waals surface area (Å²) in [5.74, 6) is -2.02. The summed E-state index contributed by atoms with van der Waals surface area (Å²) < 4.78 is 25.1. The second kappa shape index (κ2) is 6.15. The molecule has 2 rings (SSSR count). The standard InChI is InChI=1S/C11H19F2N3.HI/c12-11(13)5-8(6-11)7-15-10(14)16-9-3-1-2-4-9;/h8-9H,1-7H2,(H3,14,15,16);1H. The molecule has 2 aliphatic rings. The third-order valence-electron chi connectivity index (χ3n) is 3.40. The minimum atomic E-state index is -2.45. The molecule has 0 bridgehead atoms. The van der Waals surface area contributed by atoms with E-state index in [0.29, 0.717) is 18.5 Å². The lowest BCUT2D eigenvalue weighted by Gasteiger charge is -2.33. The lowest BCUT2D eigenvalue weighted by atomic mass is 9.81. The maximum atomic E-state index is 12.5. The molecule has 0 aromatic carbocycles. The fourth-order valence-electron chi connectivity index (χ4n) is 2.47. The highest BCUT2D eigenvalue weighted by atomic mass is 127. The van der Waals surface area contributed by atoms with Crippen molar-refractivity contribution in [3.8, 4) is 0 Å². The lowest BCUT2D eigenvalue weighted by Crippen LogP contribution is -2.41. The third kappa shape index (κ3) is 4.56. The van der Waals surface area contributed by atoms with Crippen molar-refractivity contribution in [2.45, 2.75) is 50.5 Å². The molecule has 0 spiro atoms. The van der Waals surface area contributed by atoms with Crippen molar-refractivity contribution >= 4 is 29.9 Å². The van der Waals surface area contributed by atoms with Gasteiger partial charge in [-0.15, -0.1) is 24.0 Å². The van der Waals surface area contributed by atoms with Gasteiger partial charge in [0.2, 0.25) is 5.92 Å². The van der Waals surface area contributed by atoms with Crippen LogP contribution in [0.4, 0.5) is 8.78 Å². The van der Waals surface area contributed by atoms with Crippen LogP contribution in [0.2, 0.25) is 0 Å². The van der Waals surface area contributed by atoms with E-state index in [1.165, 1.54) is 12.8 Å². The van der Waals surface area contributed by atoms with Gasteiger partial charge in [-0.25, -0.2) is 8.78 Å². The SMILES string of the molecule is I.NC(=NCC1CC(F)(F)C1)NC1CCCC1. The molecule has 0 radical (unpaired) electrons. The monoisotopic (exact) mass is 359 g/mol. The molecule has 2 fully saturated rings. The molecule has 100 valence electrons. The second-order valence-electron chi connectivity index (χ2n) is 4.98. The molecule has 6 heteroatoms. The van der Waals surface area contributed by atoms with Crippen molar-refractivity contribution in [1.82, 2.24) is 5.32 Å². The van der Waals surface area contributed by atoms with Crippen molar-refractivity contribution in [1.29, 1.82) is 0 Å². The van der Waals surface area contributed by atoms with Crippen LogP contribution < -0.4 is 11.1 Å². The molecule has 0 aromatic heterocycles. The minimum Gasteiger partial charge on any atom is -0.370 e. The van der Waals surface area contributed by atoms with E-state index in [9.17, 15) is 8.78 Å². The number of alkyl halides is 2. The van der Waals surface area contributed by atoms with Gasteiger partial charge in [0, 0.05) is 25.4 Å². The van der Waals surface area contributed by atoms with Crippen molar-refractivity contribution in [2.24, 2.45) is 16.6 Å². The molecule has 0 amide bonds. The van der Waals surface area contributed by atoms with Crippen LogP contribution in [0.5, 0.6) is 0 Å². The second-order valence-corrected chi connectivity index (χ2v) is 4.98. The van der Waals surface area contributed by atoms with E-state index in [4.69, 9.17) is 5.73 Å². The summed E-state index contributed by atoms with van der Waals surface area (Å²) >= 11 is 0. The molecule has 3 nitrogen and oxygen atoms in total. The maximum Gasteiger partial charge on any atom is 0.248 e. The number of nitrogens with zero attached hydrogens (tertiary/aromatic N) is 1. The molecule has 2 saturated carbocycles. The number of nitrogens with two attached hydrogens (primary N) is 1. The number of guanidine groups is 1. The predicted octanol–water partition coefficient (Wildman–Crippen LogP) is 2.50. The van der Waals surface area contributed by atoms with Gasteiger partial charge < -0.3 is 11.1 Å². The Balaban J connectivity index is 0.00000144. The maximum absolute atomic E-state index is 12.5. The Bertz CT molecular complexity index is 270. The fraction of sp³-hybridized carbons (Fsp3) is 0.909. The predicted molar refractivity (Wildman–Crippen MR) is 75.0 cm³/mol. The van der Waals surface area contributed by atoms with Crippen LogP contribution in [0.25, 0.3) is 0 Å². The highest BCUT2D eigenvalue weighted by Gasteiger charge is 2.44. The molecule has 0 aromatic rings. The van der Waals surface area contributed by atoms with Crippen molar-refractivity contribution in [3.05, 3.63) is 0 Å². The topological polar surface area (TPSA) is 50.4 Å². The van der Waals surface area contributed by atoms with E-state index in [0.717, 1.165) is 12.8 Å². The molecular formula is C11H20F2IN3. The van der Waals surface area contributed by atoms with Gasteiger partial charge in [0.05, 0.1) is 0 Å². The van der Waals surface area contributed by atoms with Crippen LogP contribution in [-0.4, -0.2) is 24.5 Å². The molecule has 17 heavy (non-hydrogen) atoms. The Morgan fingerprint density at radius 1 is 1.29 bits per heavy atom. The number of nitrogens with one attached hydrogen (secondary N) is 1. The van der Waals surface area contributed by atoms with Gasteiger partial charge in [-0.1, -0.05) is 12.8 Å². The molecule has 0 saturated heterocycles. The van der Waals surface area contributed by atoms with Crippen molar-refractivity contribution in [2.75, 3.05) is 6.54 Å². The smallest absolute Gasteiger partial charge is 0.248 e. The van der Waals surface area contributed by atoms with Gasteiger partial charge >= 0.3 is 0 Å².